The molecule has 0 aliphatic rings. The van der Waals surface area contributed by atoms with Crippen LogP contribution in [0.2, 0.25) is 0 Å². The Morgan fingerprint density at radius 1 is 1.35 bits per heavy atom. The van der Waals surface area contributed by atoms with Gasteiger partial charge < -0.3 is 14.2 Å². The smallest absolute Gasteiger partial charge is 0.290 e. The summed E-state index contributed by atoms with van der Waals surface area (Å²) in [7, 11) is 0. The summed E-state index contributed by atoms with van der Waals surface area (Å²) in [6, 6.07) is 5.39. The number of amides is 1. The maximum Gasteiger partial charge on any atom is 0.290 e. The Morgan fingerprint density at radius 2 is 2.16 bits per heavy atom. The van der Waals surface area contributed by atoms with Crippen molar-refractivity contribution < 1.29 is 23.8 Å². The maximum atomic E-state index is 13.3. The van der Waals surface area contributed by atoms with E-state index >= 15 is 0 Å². The molecule has 4 rings (SSSR count). The lowest BCUT2D eigenvalue weighted by atomic mass is 10.1. The number of hydrogen-bond donors (Lipinski definition) is 1. The summed E-state index contributed by atoms with van der Waals surface area (Å²) in [4.78, 5) is 21.8. The number of oxazole rings is 2. The summed E-state index contributed by atoms with van der Waals surface area (Å²) in [6.07, 6.45) is 2.17. The highest BCUT2D eigenvalue weighted by molar-refractivity contribution is 6.05. The van der Waals surface area contributed by atoms with Gasteiger partial charge in [0.15, 0.2) is 23.2 Å². The van der Waals surface area contributed by atoms with Gasteiger partial charge in [0, 0.05) is 19.4 Å². The molecule has 0 spiro atoms. The summed E-state index contributed by atoms with van der Waals surface area (Å²) in [6.45, 7) is 4.02. The second-order valence-corrected chi connectivity index (χ2v) is 6.90. The molecule has 0 saturated carbocycles. The molecule has 1 N–H and O–H groups in total. The molecule has 1 aromatic carbocycles. The van der Waals surface area contributed by atoms with Crippen LogP contribution < -0.4 is 5.32 Å². The molecule has 0 saturated heterocycles. The molecule has 0 aliphatic heterocycles. The molecular weight excluding hydrogens is 410 g/mol. The predicted molar refractivity (Wildman–Crippen MR) is 105 cm³/mol. The lowest BCUT2D eigenvalue weighted by Crippen LogP contribution is -2.14. The minimum absolute atomic E-state index is 0.00220. The Kier molecular flexibility index (Phi) is 4.77. The first-order valence-electron chi connectivity index (χ1n) is 9.69. The second-order valence-electron chi connectivity index (χ2n) is 6.90. The van der Waals surface area contributed by atoms with Crippen LogP contribution in [0.1, 0.15) is 41.8 Å². The van der Waals surface area contributed by atoms with Crippen LogP contribution >= 0.6 is 0 Å². The van der Waals surface area contributed by atoms with Gasteiger partial charge in [-0.2, -0.15) is 18.7 Å². The fraction of sp³-hybridized carbons (Fsp3) is 0.250. The number of nitrogens with one attached hydrogen (secondary N) is 1. The molecule has 31 heavy (non-hydrogen) atoms. The summed E-state index contributed by atoms with van der Waals surface area (Å²) in [5.41, 5.74) is 0.897. The molecule has 0 unspecified atom stereocenters. The zero-order chi connectivity index (χ0) is 23.0. The van der Waals surface area contributed by atoms with E-state index in [1.54, 1.807) is 32.0 Å². The normalized spacial score (nSPS) is 12.1. The Bertz CT molecular complexity index is 1290. The Hall–Kier alpha value is -3.89. The van der Waals surface area contributed by atoms with Gasteiger partial charge in [-0.25, -0.2) is 9.97 Å². The van der Waals surface area contributed by atoms with Crippen LogP contribution in [0.25, 0.3) is 11.3 Å². The van der Waals surface area contributed by atoms with Crippen molar-refractivity contribution in [2.24, 2.45) is 0 Å². The molecule has 0 aliphatic carbocycles. The molecule has 0 radical (unpaired) electrons. The molecule has 9 nitrogen and oxygen atoms in total. The van der Waals surface area contributed by atoms with Crippen molar-refractivity contribution in [3.63, 3.8) is 0 Å². The fourth-order valence-electron chi connectivity index (χ4n) is 2.82. The average Bonchev–Trinajstić information content (AvgIpc) is 3.44. The summed E-state index contributed by atoms with van der Waals surface area (Å²) in [5, 5.41) is 10.6. The first-order valence-corrected chi connectivity index (χ1v) is 9.19. The highest BCUT2D eigenvalue weighted by Crippen LogP contribution is 2.27. The van der Waals surface area contributed by atoms with Gasteiger partial charge in [0.05, 0.1) is 7.57 Å². The number of nitrogens with zero attached hydrogens (tertiary/aromatic N) is 5. The van der Waals surface area contributed by atoms with E-state index in [1.165, 1.54) is 6.20 Å². The van der Waals surface area contributed by atoms with E-state index in [0.717, 1.165) is 23.5 Å². The summed E-state index contributed by atoms with van der Waals surface area (Å²) >= 11 is 0. The molecule has 0 bridgehead atoms. The van der Waals surface area contributed by atoms with E-state index in [1.807, 2.05) is 0 Å². The fourth-order valence-corrected chi connectivity index (χ4v) is 2.82. The summed E-state index contributed by atoms with van der Waals surface area (Å²) < 4.78 is 45.0. The van der Waals surface area contributed by atoms with E-state index in [2.05, 4.69) is 25.5 Å². The number of hydrogen-bond acceptors (Lipinski definition) is 7. The van der Waals surface area contributed by atoms with Gasteiger partial charge in [-0.1, -0.05) is 23.7 Å². The highest BCUT2D eigenvalue weighted by Gasteiger charge is 2.29. The van der Waals surface area contributed by atoms with Gasteiger partial charge in [0.25, 0.3) is 11.8 Å². The van der Waals surface area contributed by atoms with Crippen LogP contribution in [0.15, 0.2) is 45.5 Å². The minimum Gasteiger partial charge on any atom is -0.446 e. The van der Waals surface area contributed by atoms with Crippen molar-refractivity contribution in [3.05, 3.63) is 65.4 Å². The topological polar surface area (TPSA) is 112 Å². The number of anilines is 1. The van der Waals surface area contributed by atoms with Gasteiger partial charge in [-0.05, 0) is 13.0 Å². The molecule has 3 heterocycles. The number of carbonyl (C=O) groups excluding carboxylic acids is 1. The standard InChI is InChI=1S/C20H18F2N6O3/c1-11-5-4-6-13(7-11)18-17(24-12(2)31-18)19(29)26-15-8-23-28(27-15)9-16-25-14(10-30-16)20(3,21)22/h4-8,10H,9H2,1-3H3,(H,26,27,29)/i5T. The third-order valence-electron chi connectivity index (χ3n) is 4.21. The minimum atomic E-state index is -3.12. The summed E-state index contributed by atoms with van der Waals surface area (Å²) in [5.74, 6) is -3.01. The third-order valence-corrected chi connectivity index (χ3v) is 4.21. The zero-order valence-corrected chi connectivity index (χ0v) is 16.8. The second kappa shape index (κ2) is 7.74. The molecule has 0 fully saturated rings. The molecular formula is C20H18F2N6O3. The Morgan fingerprint density at radius 3 is 2.87 bits per heavy atom. The van der Waals surface area contributed by atoms with E-state index in [-0.39, 0.29) is 29.7 Å². The van der Waals surface area contributed by atoms with E-state index in [4.69, 9.17) is 10.2 Å². The van der Waals surface area contributed by atoms with Crippen LogP contribution in [0.4, 0.5) is 14.6 Å². The number of alkyl halides is 2. The molecule has 160 valence electrons. The zero-order valence-electron chi connectivity index (χ0n) is 17.8. The lowest BCUT2D eigenvalue weighted by molar-refractivity contribution is 0.0126. The quantitative estimate of drug-likeness (QED) is 0.493. The van der Waals surface area contributed by atoms with Gasteiger partial charge in [-0.15, -0.1) is 5.10 Å². The van der Waals surface area contributed by atoms with E-state index < -0.39 is 17.5 Å². The van der Waals surface area contributed by atoms with Crippen molar-refractivity contribution >= 4 is 11.7 Å². The van der Waals surface area contributed by atoms with Crippen molar-refractivity contribution in [3.8, 4) is 11.3 Å². The number of aryl methyl sites for hydroxylation is 2. The van der Waals surface area contributed by atoms with Crippen molar-refractivity contribution in [2.75, 3.05) is 5.32 Å². The van der Waals surface area contributed by atoms with E-state index in [9.17, 15) is 13.6 Å². The van der Waals surface area contributed by atoms with Crippen LogP contribution in [0, 0.1) is 13.8 Å². The Balaban J connectivity index is 1.50. The number of benzene rings is 1. The number of rotatable bonds is 6. The number of halogens is 2. The van der Waals surface area contributed by atoms with E-state index in [0.29, 0.717) is 17.5 Å². The monoisotopic (exact) mass is 430 g/mol. The highest BCUT2D eigenvalue weighted by atomic mass is 19.3. The Labute approximate surface area is 176 Å². The van der Waals surface area contributed by atoms with Crippen molar-refractivity contribution in [2.45, 2.75) is 33.2 Å². The number of carbonyl (C=O) groups is 1. The van der Waals surface area contributed by atoms with Crippen molar-refractivity contribution in [1.29, 1.82) is 0 Å². The maximum absolute atomic E-state index is 13.3. The molecule has 3 aromatic heterocycles. The van der Waals surface area contributed by atoms with Gasteiger partial charge in [0.1, 0.15) is 18.5 Å². The number of aromatic nitrogens is 5. The van der Waals surface area contributed by atoms with Gasteiger partial charge in [0.2, 0.25) is 5.89 Å². The SMILES string of the molecule is [3H]c1ccc(-c2oc(C)nc2C(=O)Nc2cnn(Cc3nc(C(C)(F)F)co3)n2)cc1C. The predicted octanol–water partition coefficient (Wildman–Crippen LogP) is 3.95. The first kappa shape index (κ1) is 19.1. The van der Waals surface area contributed by atoms with Crippen LogP contribution in [-0.2, 0) is 12.5 Å². The van der Waals surface area contributed by atoms with Gasteiger partial charge >= 0.3 is 0 Å². The van der Waals surface area contributed by atoms with Crippen molar-refractivity contribution in [1.82, 2.24) is 25.0 Å². The van der Waals surface area contributed by atoms with Crippen LogP contribution in [-0.4, -0.2) is 30.9 Å². The van der Waals surface area contributed by atoms with Crippen LogP contribution in [0.5, 0.6) is 0 Å². The molecule has 4 aromatic rings. The first-order chi connectivity index (χ1) is 15.1. The molecule has 11 heteroatoms. The lowest BCUT2D eigenvalue weighted by Gasteiger charge is -2.03. The largest absolute Gasteiger partial charge is 0.446 e. The van der Waals surface area contributed by atoms with Crippen LogP contribution in [0.3, 0.4) is 0 Å². The third kappa shape index (κ3) is 4.49. The molecule has 0 atom stereocenters. The van der Waals surface area contributed by atoms with Gasteiger partial charge in [-0.3, -0.25) is 4.79 Å². The molecule has 1 amide bonds. The average molecular weight is 430 g/mol.